The van der Waals surface area contributed by atoms with Gasteiger partial charge in [0, 0.05) is 16.4 Å². The highest BCUT2D eigenvalue weighted by Crippen LogP contribution is 2.31. The molecule has 17 heavy (non-hydrogen) atoms. The molecule has 0 radical (unpaired) electrons. The molecule has 0 aliphatic heterocycles. The molecule has 96 valence electrons. The lowest BCUT2D eigenvalue weighted by Gasteiger charge is -2.08. The molecule has 0 N–H and O–H groups in total. The Hall–Kier alpha value is -0.330. The minimum Gasteiger partial charge on any atom is -0.380 e. The van der Waals surface area contributed by atoms with E-state index in [1.807, 2.05) is 0 Å². The third-order valence-corrected chi connectivity index (χ3v) is 3.03. The van der Waals surface area contributed by atoms with Crippen LogP contribution in [0, 0.1) is 0 Å². The average molecular weight is 282 g/mol. The Morgan fingerprint density at radius 3 is 2.65 bits per heavy atom. The number of thiol groups is 1. The molecule has 0 aliphatic carbocycles. The first-order valence-electron chi connectivity index (χ1n) is 5.02. The quantitative estimate of drug-likeness (QED) is 0.483. The summed E-state index contributed by atoms with van der Waals surface area (Å²) in [4.78, 5) is 0.606. The predicted molar refractivity (Wildman–Crippen MR) is 66.8 cm³/mol. The summed E-state index contributed by atoms with van der Waals surface area (Å²) in [6, 6.07) is 5.31. The highest BCUT2D eigenvalue weighted by molar-refractivity contribution is 7.99. The van der Waals surface area contributed by atoms with E-state index in [2.05, 4.69) is 12.6 Å². The molecule has 0 aliphatic rings. The second-order valence-corrected chi connectivity index (χ2v) is 4.83. The molecular weight excluding hydrogens is 269 g/mol. The number of hydrogen-bond acceptors (Lipinski definition) is 3. The number of benzene rings is 1. The van der Waals surface area contributed by atoms with Crippen molar-refractivity contribution >= 4 is 24.4 Å². The zero-order valence-electron chi connectivity index (χ0n) is 9.04. The van der Waals surface area contributed by atoms with Crippen LogP contribution in [0.3, 0.4) is 0 Å². The van der Waals surface area contributed by atoms with Gasteiger partial charge in [-0.05, 0) is 18.2 Å². The summed E-state index contributed by atoms with van der Waals surface area (Å²) in [6.45, 7) is 1.08. The number of hydrogen-bond donors (Lipinski definition) is 1. The van der Waals surface area contributed by atoms with Crippen LogP contribution in [0.25, 0.3) is 0 Å². The highest BCUT2D eigenvalue weighted by atomic mass is 32.2. The van der Waals surface area contributed by atoms with Gasteiger partial charge in [0.2, 0.25) is 0 Å². The fraction of sp³-hybridized carbons (Fsp3) is 0.455. The van der Waals surface area contributed by atoms with Crippen molar-refractivity contribution in [1.29, 1.82) is 0 Å². The van der Waals surface area contributed by atoms with Crippen LogP contribution in [-0.4, -0.2) is 24.7 Å². The van der Waals surface area contributed by atoms with E-state index in [1.54, 1.807) is 6.07 Å². The van der Waals surface area contributed by atoms with Gasteiger partial charge in [-0.25, -0.2) is 0 Å². The molecule has 1 rings (SSSR count). The van der Waals surface area contributed by atoms with Crippen molar-refractivity contribution in [3.63, 3.8) is 0 Å². The van der Waals surface area contributed by atoms with Crippen molar-refractivity contribution in [2.45, 2.75) is 11.1 Å². The van der Waals surface area contributed by atoms with Crippen molar-refractivity contribution in [3.05, 3.63) is 29.8 Å². The van der Waals surface area contributed by atoms with Gasteiger partial charge >= 0.3 is 6.18 Å². The van der Waals surface area contributed by atoms with Crippen LogP contribution in [0.1, 0.15) is 5.56 Å². The molecule has 0 saturated carbocycles. The number of ether oxygens (including phenoxy) is 1. The molecule has 1 aromatic rings. The lowest BCUT2D eigenvalue weighted by atomic mass is 10.2. The van der Waals surface area contributed by atoms with E-state index in [0.717, 1.165) is 12.1 Å². The number of halogens is 3. The van der Waals surface area contributed by atoms with Crippen LogP contribution >= 0.6 is 24.4 Å². The fourth-order valence-corrected chi connectivity index (χ4v) is 2.10. The van der Waals surface area contributed by atoms with Crippen molar-refractivity contribution in [2.24, 2.45) is 0 Å². The number of thioether (sulfide) groups is 1. The van der Waals surface area contributed by atoms with Crippen LogP contribution in [0.5, 0.6) is 0 Å². The standard InChI is InChI=1S/C11H13F3OS2/c12-11(13,14)9-2-1-3-10(8-9)17-7-5-15-4-6-16/h1-3,8,16H,4-7H2. The van der Waals surface area contributed by atoms with E-state index in [-0.39, 0.29) is 0 Å². The minimum absolute atomic E-state index is 0.515. The van der Waals surface area contributed by atoms with Crippen LogP contribution in [0.15, 0.2) is 29.2 Å². The maximum Gasteiger partial charge on any atom is 0.416 e. The molecule has 0 amide bonds. The largest absolute Gasteiger partial charge is 0.416 e. The molecule has 0 bridgehead atoms. The maximum atomic E-state index is 12.4. The normalized spacial score (nSPS) is 11.8. The molecule has 6 heteroatoms. The lowest BCUT2D eigenvalue weighted by molar-refractivity contribution is -0.137. The average Bonchev–Trinajstić information content (AvgIpc) is 2.28. The second kappa shape index (κ2) is 7.18. The summed E-state index contributed by atoms with van der Waals surface area (Å²) in [5.74, 6) is 1.28. The Kier molecular flexibility index (Phi) is 6.22. The van der Waals surface area contributed by atoms with Crippen LogP contribution < -0.4 is 0 Å². The lowest BCUT2D eigenvalue weighted by Crippen LogP contribution is -2.04. The zero-order valence-corrected chi connectivity index (χ0v) is 10.7. The van der Waals surface area contributed by atoms with Gasteiger partial charge in [0.25, 0.3) is 0 Å². The monoisotopic (exact) mass is 282 g/mol. The Labute approximate surface area is 108 Å². The predicted octanol–water partition coefficient (Wildman–Crippen LogP) is 3.74. The van der Waals surface area contributed by atoms with E-state index in [9.17, 15) is 13.2 Å². The molecule has 0 atom stereocenters. The molecule has 1 nitrogen and oxygen atoms in total. The van der Waals surface area contributed by atoms with Crippen LogP contribution in [0.2, 0.25) is 0 Å². The van der Waals surface area contributed by atoms with Gasteiger partial charge in [0.05, 0.1) is 18.8 Å². The van der Waals surface area contributed by atoms with Crippen molar-refractivity contribution in [2.75, 3.05) is 24.7 Å². The van der Waals surface area contributed by atoms with Crippen molar-refractivity contribution in [1.82, 2.24) is 0 Å². The van der Waals surface area contributed by atoms with Gasteiger partial charge in [0.15, 0.2) is 0 Å². The van der Waals surface area contributed by atoms with Gasteiger partial charge in [0.1, 0.15) is 0 Å². The Balaban J connectivity index is 2.44. The number of alkyl halides is 3. The third-order valence-electron chi connectivity index (χ3n) is 1.89. The second-order valence-electron chi connectivity index (χ2n) is 3.21. The molecule has 0 unspecified atom stereocenters. The maximum absolute atomic E-state index is 12.4. The highest BCUT2D eigenvalue weighted by Gasteiger charge is 2.30. The van der Waals surface area contributed by atoms with E-state index in [0.29, 0.717) is 29.6 Å². The Morgan fingerprint density at radius 1 is 1.24 bits per heavy atom. The van der Waals surface area contributed by atoms with Gasteiger partial charge < -0.3 is 4.74 Å². The molecule has 1 aromatic carbocycles. The van der Waals surface area contributed by atoms with Gasteiger partial charge in [-0.2, -0.15) is 25.8 Å². The zero-order chi connectivity index (χ0) is 12.7. The Bertz CT molecular complexity index is 342. The summed E-state index contributed by atoms with van der Waals surface area (Å²) in [5.41, 5.74) is -0.612. The smallest absolute Gasteiger partial charge is 0.380 e. The van der Waals surface area contributed by atoms with Gasteiger partial charge in [-0.15, -0.1) is 11.8 Å². The van der Waals surface area contributed by atoms with E-state index in [4.69, 9.17) is 4.74 Å². The van der Waals surface area contributed by atoms with E-state index >= 15 is 0 Å². The van der Waals surface area contributed by atoms with E-state index < -0.39 is 11.7 Å². The first-order chi connectivity index (χ1) is 8.04. The van der Waals surface area contributed by atoms with Crippen molar-refractivity contribution in [3.8, 4) is 0 Å². The molecule has 0 spiro atoms. The minimum atomic E-state index is -4.28. The summed E-state index contributed by atoms with van der Waals surface area (Å²) < 4.78 is 42.4. The Morgan fingerprint density at radius 2 is 2.00 bits per heavy atom. The molecule has 0 heterocycles. The fourth-order valence-electron chi connectivity index (χ4n) is 1.15. The van der Waals surface area contributed by atoms with Crippen LogP contribution in [0.4, 0.5) is 13.2 Å². The molecular formula is C11H13F3OS2. The topological polar surface area (TPSA) is 9.23 Å². The third kappa shape index (κ3) is 5.70. The van der Waals surface area contributed by atoms with Gasteiger partial charge in [-0.3, -0.25) is 0 Å². The number of rotatable bonds is 6. The van der Waals surface area contributed by atoms with E-state index in [1.165, 1.54) is 17.8 Å². The SMILES string of the molecule is FC(F)(F)c1cccc(SCCOCCS)c1. The first kappa shape index (κ1) is 14.7. The molecule has 0 aromatic heterocycles. The molecule has 0 saturated heterocycles. The molecule has 0 fully saturated rings. The summed E-state index contributed by atoms with van der Waals surface area (Å²) in [7, 11) is 0. The summed E-state index contributed by atoms with van der Waals surface area (Å²) in [5, 5.41) is 0. The summed E-state index contributed by atoms with van der Waals surface area (Å²) >= 11 is 5.33. The first-order valence-corrected chi connectivity index (χ1v) is 6.64. The summed E-state index contributed by atoms with van der Waals surface area (Å²) in [6.07, 6.45) is -4.28. The van der Waals surface area contributed by atoms with Crippen molar-refractivity contribution < 1.29 is 17.9 Å². The van der Waals surface area contributed by atoms with Crippen LogP contribution in [-0.2, 0) is 10.9 Å². The van der Waals surface area contributed by atoms with Gasteiger partial charge in [-0.1, -0.05) is 6.07 Å².